The molecule has 17 heavy (non-hydrogen) atoms. The summed E-state index contributed by atoms with van der Waals surface area (Å²) in [5.41, 5.74) is 8.68. The average Bonchev–Trinajstić information content (AvgIpc) is 2.33. The number of nitrogens with zero attached hydrogens (tertiary/aromatic N) is 3. The van der Waals surface area contributed by atoms with Gasteiger partial charge < -0.3 is 5.73 Å². The molecule has 0 saturated carbocycles. The third kappa shape index (κ3) is 2.99. The van der Waals surface area contributed by atoms with Crippen LogP contribution in [0.3, 0.4) is 0 Å². The van der Waals surface area contributed by atoms with Gasteiger partial charge in [0, 0.05) is 18.6 Å². The van der Waals surface area contributed by atoms with Crippen LogP contribution in [0.25, 0.3) is 0 Å². The van der Waals surface area contributed by atoms with Crippen LogP contribution in [0, 0.1) is 6.92 Å². The predicted molar refractivity (Wildman–Crippen MR) is 66.6 cm³/mol. The van der Waals surface area contributed by atoms with Gasteiger partial charge >= 0.3 is 0 Å². The highest BCUT2D eigenvalue weighted by atomic mass is 35.5. The molecule has 0 spiro atoms. The summed E-state index contributed by atoms with van der Waals surface area (Å²) >= 11 is 6.03. The SMILES string of the molecule is Cc1cnc(C(N)Cc2ccncc2Cl)cn1. The van der Waals surface area contributed by atoms with Gasteiger partial charge in [-0.15, -0.1) is 0 Å². The quantitative estimate of drug-likeness (QED) is 0.903. The minimum absolute atomic E-state index is 0.206. The summed E-state index contributed by atoms with van der Waals surface area (Å²) in [5, 5.41) is 0.628. The Bertz CT molecular complexity index is 498. The highest BCUT2D eigenvalue weighted by Crippen LogP contribution is 2.19. The molecule has 2 heterocycles. The van der Waals surface area contributed by atoms with Crippen molar-refractivity contribution < 1.29 is 0 Å². The third-order valence-corrected chi connectivity index (χ3v) is 2.82. The van der Waals surface area contributed by atoms with Crippen molar-refractivity contribution >= 4 is 11.6 Å². The normalized spacial score (nSPS) is 12.4. The Kier molecular flexibility index (Phi) is 3.66. The maximum absolute atomic E-state index is 6.06. The van der Waals surface area contributed by atoms with E-state index in [0.717, 1.165) is 17.0 Å². The Labute approximate surface area is 105 Å². The van der Waals surface area contributed by atoms with Gasteiger partial charge in [0.25, 0.3) is 0 Å². The second-order valence-electron chi connectivity index (χ2n) is 3.86. The predicted octanol–water partition coefficient (Wildman–Crippen LogP) is 2.08. The summed E-state index contributed by atoms with van der Waals surface area (Å²) in [6, 6.07) is 1.66. The largest absolute Gasteiger partial charge is 0.322 e. The van der Waals surface area contributed by atoms with Crippen LogP contribution in [-0.2, 0) is 6.42 Å². The summed E-state index contributed by atoms with van der Waals surface area (Å²) < 4.78 is 0. The number of aromatic nitrogens is 3. The van der Waals surface area contributed by atoms with Crippen molar-refractivity contribution in [2.75, 3.05) is 0 Å². The molecule has 0 aromatic carbocycles. The van der Waals surface area contributed by atoms with E-state index in [1.165, 1.54) is 0 Å². The van der Waals surface area contributed by atoms with E-state index in [4.69, 9.17) is 17.3 Å². The van der Waals surface area contributed by atoms with Gasteiger partial charge in [-0.05, 0) is 25.0 Å². The smallest absolute Gasteiger partial charge is 0.0757 e. The van der Waals surface area contributed by atoms with E-state index in [1.54, 1.807) is 24.8 Å². The second kappa shape index (κ2) is 5.21. The molecule has 0 radical (unpaired) electrons. The molecule has 0 aliphatic carbocycles. The molecule has 0 amide bonds. The molecule has 5 heteroatoms. The molecule has 2 aromatic heterocycles. The zero-order valence-corrected chi connectivity index (χ0v) is 10.2. The second-order valence-corrected chi connectivity index (χ2v) is 4.27. The zero-order chi connectivity index (χ0) is 12.3. The molecule has 0 aliphatic rings. The van der Waals surface area contributed by atoms with E-state index in [2.05, 4.69) is 15.0 Å². The van der Waals surface area contributed by atoms with Crippen molar-refractivity contribution in [1.29, 1.82) is 0 Å². The number of aryl methyl sites for hydroxylation is 1. The van der Waals surface area contributed by atoms with E-state index in [1.807, 2.05) is 13.0 Å². The van der Waals surface area contributed by atoms with Crippen LogP contribution < -0.4 is 5.73 Å². The van der Waals surface area contributed by atoms with Gasteiger partial charge in [-0.2, -0.15) is 0 Å². The lowest BCUT2D eigenvalue weighted by molar-refractivity contribution is 0.689. The van der Waals surface area contributed by atoms with Crippen molar-refractivity contribution in [2.24, 2.45) is 5.73 Å². The fraction of sp³-hybridized carbons (Fsp3) is 0.250. The molecule has 2 N–H and O–H groups in total. The summed E-state index contributed by atoms with van der Waals surface area (Å²) in [6.07, 6.45) is 7.36. The Morgan fingerprint density at radius 1 is 1.29 bits per heavy atom. The van der Waals surface area contributed by atoms with Crippen LogP contribution >= 0.6 is 11.6 Å². The van der Waals surface area contributed by atoms with Crippen LogP contribution in [0.2, 0.25) is 5.02 Å². The van der Waals surface area contributed by atoms with Crippen molar-refractivity contribution in [3.8, 4) is 0 Å². The van der Waals surface area contributed by atoms with E-state index in [0.29, 0.717) is 11.4 Å². The molecular formula is C12H13ClN4. The fourth-order valence-electron chi connectivity index (χ4n) is 1.51. The molecule has 2 aromatic rings. The van der Waals surface area contributed by atoms with Crippen molar-refractivity contribution in [2.45, 2.75) is 19.4 Å². The molecule has 1 atom stereocenters. The minimum atomic E-state index is -0.206. The van der Waals surface area contributed by atoms with Crippen LogP contribution in [0.1, 0.15) is 23.0 Å². The van der Waals surface area contributed by atoms with Gasteiger partial charge in [-0.1, -0.05) is 11.6 Å². The molecule has 88 valence electrons. The molecule has 2 rings (SSSR count). The summed E-state index contributed by atoms with van der Waals surface area (Å²) in [4.78, 5) is 12.4. The summed E-state index contributed by atoms with van der Waals surface area (Å²) in [7, 11) is 0. The molecule has 0 saturated heterocycles. The minimum Gasteiger partial charge on any atom is -0.322 e. The first-order chi connectivity index (χ1) is 8.16. The van der Waals surface area contributed by atoms with Gasteiger partial charge in [0.2, 0.25) is 0 Å². The number of hydrogen-bond acceptors (Lipinski definition) is 4. The standard InChI is InChI=1S/C12H13ClN4/c1-8-5-17-12(7-16-8)11(14)4-9-2-3-15-6-10(9)13/h2-3,5-7,11H,4,14H2,1H3. The van der Waals surface area contributed by atoms with Crippen molar-refractivity contribution in [1.82, 2.24) is 15.0 Å². The van der Waals surface area contributed by atoms with Crippen LogP contribution in [0.5, 0.6) is 0 Å². The first kappa shape index (κ1) is 12.0. The van der Waals surface area contributed by atoms with Gasteiger partial charge in [-0.25, -0.2) is 0 Å². The maximum Gasteiger partial charge on any atom is 0.0757 e. The van der Waals surface area contributed by atoms with Crippen molar-refractivity contribution in [3.05, 3.63) is 52.8 Å². The van der Waals surface area contributed by atoms with Gasteiger partial charge in [0.15, 0.2) is 0 Å². The number of halogens is 1. The number of hydrogen-bond donors (Lipinski definition) is 1. The van der Waals surface area contributed by atoms with Crippen LogP contribution in [0.15, 0.2) is 30.9 Å². The maximum atomic E-state index is 6.06. The monoisotopic (exact) mass is 248 g/mol. The van der Waals surface area contributed by atoms with E-state index in [-0.39, 0.29) is 6.04 Å². The molecule has 0 fully saturated rings. The fourth-order valence-corrected chi connectivity index (χ4v) is 1.70. The van der Waals surface area contributed by atoms with Gasteiger partial charge in [0.1, 0.15) is 0 Å². The molecular weight excluding hydrogens is 236 g/mol. The zero-order valence-electron chi connectivity index (χ0n) is 9.47. The lowest BCUT2D eigenvalue weighted by Gasteiger charge is -2.11. The number of rotatable bonds is 3. The first-order valence-corrected chi connectivity index (χ1v) is 5.67. The highest BCUT2D eigenvalue weighted by molar-refractivity contribution is 6.31. The molecule has 0 aliphatic heterocycles. The lowest BCUT2D eigenvalue weighted by atomic mass is 10.1. The topological polar surface area (TPSA) is 64.7 Å². The lowest BCUT2D eigenvalue weighted by Crippen LogP contribution is -2.15. The third-order valence-electron chi connectivity index (χ3n) is 2.48. The Morgan fingerprint density at radius 3 is 2.76 bits per heavy atom. The number of pyridine rings is 1. The van der Waals surface area contributed by atoms with Crippen LogP contribution in [-0.4, -0.2) is 15.0 Å². The van der Waals surface area contributed by atoms with Crippen molar-refractivity contribution in [3.63, 3.8) is 0 Å². The first-order valence-electron chi connectivity index (χ1n) is 5.29. The highest BCUT2D eigenvalue weighted by Gasteiger charge is 2.11. The molecule has 0 bridgehead atoms. The Hall–Kier alpha value is -1.52. The summed E-state index contributed by atoms with van der Waals surface area (Å²) in [6.45, 7) is 1.89. The average molecular weight is 249 g/mol. The Balaban J connectivity index is 2.14. The van der Waals surface area contributed by atoms with Gasteiger partial charge in [-0.3, -0.25) is 15.0 Å². The molecule has 1 unspecified atom stereocenters. The number of nitrogens with two attached hydrogens (primary N) is 1. The van der Waals surface area contributed by atoms with Crippen LogP contribution in [0.4, 0.5) is 0 Å². The van der Waals surface area contributed by atoms with E-state index < -0.39 is 0 Å². The Morgan fingerprint density at radius 2 is 2.12 bits per heavy atom. The van der Waals surface area contributed by atoms with Gasteiger partial charge in [0.05, 0.1) is 28.6 Å². The molecule has 4 nitrogen and oxygen atoms in total. The van der Waals surface area contributed by atoms with E-state index >= 15 is 0 Å². The van der Waals surface area contributed by atoms with E-state index in [9.17, 15) is 0 Å². The summed E-state index contributed by atoms with van der Waals surface area (Å²) in [5.74, 6) is 0.